The molecule has 1 amide bonds. The monoisotopic (exact) mass is 444 g/mol. The fourth-order valence-electron chi connectivity index (χ4n) is 2.74. The minimum Gasteiger partial charge on any atom is -0.490 e. The molecule has 0 fully saturated rings. The topological polar surface area (TPSA) is 193 Å². The zero-order valence-electron chi connectivity index (χ0n) is 17.6. The van der Waals surface area contributed by atoms with E-state index in [1.807, 2.05) is 0 Å². The van der Waals surface area contributed by atoms with Crippen LogP contribution in [0.4, 0.5) is 11.5 Å². The zero-order valence-corrected chi connectivity index (χ0v) is 17.6. The third-order valence-corrected chi connectivity index (χ3v) is 4.26. The van der Waals surface area contributed by atoms with E-state index in [1.54, 1.807) is 32.0 Å². The van der Waals surface area contributed by atoms with E-state index < -0.39 is 10.8 Å². The van der Waals surface area contributed by atoms with Crippen molar-refractivity contribution in [3.8, 4) is 11.6 Å². The Bertz CT molecular complexity index is 1180. The summed E-state index contributed by atoms with van der Waals surface area (Å²) in [6.07, 6.45) is 0. The van der Waals surface area contributed by atoms with Crippen molar-refractivity contribution in [2.24, 2.45) is 5.10 Å². The number of methoxy groups -OCH3 is 1. The fourth-order valence-corrected chi connectivity index (χ4v) is 2.74. The second kappa shape index (κ2) is 9.17. The number of nitro benzene ring substituents is 1. The predicted octanol–water partition coefficient (Wildman–Crippen LogP) is 0.365. The van der Waals surface area contributed by atoms with Gasteiger partial charge >= 0.3 is 5.69 Å². The van der Waals surface area contributed by atoms with Gasteiger partial charge in [-0.25, -0.2) is 10.1 Å². The highest BCUT2D eigenvalue weighted by Gasteiger charge is 2.24. The standard InChI is InChI=1S/C17H20N10O5/c1-9(10-5-6-13(31-4)11(7-10)27(29)30)19-21-17(28)14-12(8-25(2)3)26(24-20-14)16-15(18)22-32-23-16/h5-7H,8H2,1-4H3,(H2,18,22)(H,21,28)/b19-9+. The second-order valence-electron chi connectivity index (χ2n) is 6.79. The van der Waals surface area contributed by atoms with Crippen molar-refractivity contribution < 1.29 is 19.1 Å². The van der Waals surface area contributed by atoms with Gasteiger partial charge in [0, 0.05) is 18.2 Å². The molecule has 32 heavy (non-hydrogen) atoms. The maximum atomic E-state index is 12.8. The first-order chi connectivity index (χ1) is 15.2. The van der Waals surface area contributed by atoms with Crippen LogP contribution in [0.2, 0.25) is 0 Å². The molecule has 0 aliphatic heterocycles. The number of carbonyl (C=O) groups excluding carboxylic acids is 1. The lowest BCUT2D eigenvalue weighted by atomic mass is 10.1. The van der Waals surface area contributed by atoms with Crippen LogP contribution in [-0.2, 0) is 6.54 Å². The number of nitrogens with two attached hydrogens (primary N) is 1. The van der Waals surface area contributed by atoms with Gasteiger partial charge in [-0.1, -0.05) is 5.21 Å². The lowest BCUT2D eigenvalue weighted by Gasteiger charge is -2.11. The first kappa shape index (κ1) is 22.3. The van der Waals surface area contributed by atoms with Gasteiger partial charge in [0.15, 0.2) is 11.4 Å². The number of aromatic nitrogens is 5. The van der Waals surface area contributed by atoms with Gasteiger partial charge in [-0.05, 0) is 43.5 Å². The van der Waals surface area contributed by atoms with Crippen LogP contribution in [-0.4, -0.2) is 68.0 Å². The average Bonchev–Trinajstić information content (AvgIpc) is 3.36. The number of ether oxygens (including phenoxy) is 1. The third-order valence-electron chi connectivity index (χ3n) is 4.26. The van der Waals surface area contributed by atoms with Crippen molar-refractivity contribution in [2.75, 3.05) is 26.9 Å². The number of nitrogen functional groups attached to an aromatic ring is 1. The number of hydrogen-bond donors (Lipinski definition) is 2. The summed E-state index contributed by atoms with van der Waals surface area (Å²) < 4.78 is 10.8. The number of hydrogen-bond acceptors (Lipinski definition) is 12. The summed E-state index contributed by atoms with van der Waals surface area (Å²) in [6, 6.07) is 4.34. The molecule has 15 nitrogen and oxygen atoms in total. The van der Waals surface area contributed by atoms with Gasteiger partial charge in [0.05, 0.1) is 23.4 Å². The largest absolute Gasteiger partial charge is 0.490 e. The Labute approximate surface area is 180 Å². The smallest absolute Gasteiger partial charge is 0.311 e. The van der Waals surface area contributed by atoms with Crippen LogP contribution in [0.3, 0.4) is 0 Å². The van der Waals surface area contributed by atoms with Gasteiger partial charge in [-0.15, -0.1) is 5.10 Å². The molecule has 168 valence electrons. The molecule has 0 atom stereocenters. The lowest BCUT2D eigenvalue weighted by Crippen LogP contribution is -2.24. The Balaban J connectivity index is 1.88. The SMILES string of the molecule is COc1ccc(/C(C)=N/NC(=O)c2nnn(-c3nonc3N)c2CN(C)C)cc1[N+](=O)[O-]. The first-order valence-corrected chi connectivity index (χ1v) is 9.08. The van der Waals surface area contributed by atoms with Crippen LogP contribution < -0.4 is 15.9 Å². The zero-order chi connectivity index (χ0) is 23.4. The molecule has 2 aromatic heterocycles. The molecule has 0 radical (unpaired) electrons. The summed E-state index contributed by atoms with van der Waals surface area (Å²) in [7, 11) is 4.93. The molecule has 15 heteroatoms. The molecular formula is C17H20N10O5. The summed E-state index contributed by atoms with van der Waals surface area (Å²) in [4.78, 5) is 25.2. The van der Waals surface area contributed by atoms with Gasteiger partial charge < -0.3 is 15.4 Å². The van der Waals surface area contributed by atoms with Crippen LogP contribution >= 0.6 is 0 Å². The summed E-state index contributed by atoms with van der Waals surface area (Å²) in [5.41, 5.74) is 9.01. The minimum absolute atomic E-state index is 0.0154. The number of carbonyl (C=O) groups is 1. The van der Waals surface area contributed by atoms with Crippen LogP contribution in [0.25, 0.3) is 5.82 Å². The van der Waals surface area contributed by atoms with E-state index >= 15 is 0 Å². The lowest BCUT2D eigenvalue weighted by molar-refractivity contribution is -0.385. The Morgan fingerprint density at radius 1 is 1.41 bits per heavy atom. The number of hydrazone groups is 1. The number of nitrogens with zero attached hydrogens (tertiary/aromatic N) is 8. The molecule has 0 saturated carbocycles. The van der Waals surface area contributed by atoms with Crippen molar-refractivity contribution in [2.45, 2.75) is 13.5 Å². The number of nitro groups is 1. The van der Waals surface area contributed by atoms with E-state index in [4.69, 9.17) is 10.5 Å². The maximum Gasteiger partial charge on any atom is 0.311 e. The molecule has 2 heterocycles. The van der Waals surface area contributed by atoms with Crippen LogP contribution in [0, 0.1) is 10.1 Å². The Morgan fingerprint density at radius 2 is 2.16 bits per heavy atom. The Kier molecular flexibility index (Phi) is 6.39. The molecule has 3 aromatic rings. The molecule has 0 saturated heterocycles. The van der Waals surface area contributed by atoms with E-state index in [0.29, 0.717) is 17.0 Å². The van der Waals surface area contributed by atoms with Crippen LogP contribution in [0.1, 0.15) is 28.7 Å². The van der Waals surface area contributed by atoms with Gasteiger partial charge in [0.25, 0.3) is 5.91 Å². The normalized spacial score (nSPS) is 11.6. The maximum absolute atomic E-state index is 12.8. The second-order valence-corrected chi connectivity index (χ2v) is 6.79. The summed E-state index contributed by atoms with van der Waals surface area (Å²) >= 11 is 0. The highest BCUT2D eigenvalue weighted by Crippen LogP contribution is 2.27. The molecule has 0 aliphatic rings. The molecule has 1 aromatic carbocycles. The minimum atomic E-state index is -0.648. The van der Waals surface area contributed by atoms with Crippen molar-refractivity contribution >= 4 is 23.1 Å². The highest BCUT2D eigenvalue weighted by molar-refractivity contribution is 6.01. The number of nitrogens with one attached hydrogen (secondary N) is 1. The van der Waals surface area contributed by atoms with Gasteiger partial charge in [0.1, 0.15) is 0 Å². The molecule has 0 unspecified atom stereocenters. The van der Waals surface area contributed by atoms with Gasteiger partial charge in [-0.2, -0.15) is 9.78 Å². The number of amides is 1. The average molecular weight is 444 g/mol. The summed E-state index contributed by atoms with van der Waals surface area (Å²) in [5.74, 6) is -0.455. The fraction of sp³-hybridized carbons (Fsp3) is 0.294. The van der Waals surface area contributed by atoms with E-state index in [2.05, 4.69) is 35.8 Å². The van der Waals surface area contributed by atoms with Crippen molar-refractivity contribution in [3.63, 3.8) is 0 Å². The van der Waals surface area contributed by atoms with Crippen LogP contribution in [0.15, 0.2) is 27.9 Å². The molecule has 3 N–H and O–H groups in total. The number of rotatable bonds is 8. The van der Waals surface area contributed by atoms with E-state index in [9.17, 15) is 14.9 Å². The molecular weight excluding hydrogens is 424 g/mol. The Morgan fingerprint density at radius 3 is 2.75 bits per heavy atom. The van der Waals surface area contributed by atoms with Gasteiger partial charge in [-0.3, -0.25) is 14.9 Å². The highest BCUT2D eigenvalue weighted by atomic mass is 16.6. The Hall–Kier alpha value is -4.40. The molecule has 0 bridgehead atoms. The first-order valence-electron chi connectivity index (χ1n) is 9.08. The molecule has 0 aliphatic carbocycles. The number of anilines is 1. The predicted molar refractivity (Wildman–Crippen MR) is 110 cm³/mol. The summed E-state index contributed by atoms with van der Waals surface area (Å²) in [5, 5.41) is 30.3. The van der Waals surface area contributed by atoms with E-state index in [-0.39, 0.29) is 35.3 Å². The molecule has 3 rings (SSSR count). The number of benzene rings is 1. The quantitative estimate of drug-likeness (QED) is 0.277. The van der Waals surface area contributed by atoms with Gasteiger partial charge in [0.2, 0.25) is 11.6 Å². The van der Waals surface area contributed by atoms with Crippen molar-refractivity contribution in [1.29, 1.82) is 0 Å². The van der Waals surface area contributed by atoms with Crippen LogP contribution in [0.5, 0.6) is 5.75 Å². The van der Waals surface area contributed by atoms with Crippen molar-refractivity contribution in [1.82, 2.24) is 35.6 Å². The third kappa shape index (κ3) is 4.51. The summed E-state index contributed by atoms with van der Waals surface area (Å²) in [6.45, 7) is 1.86. The van der Waals surface area contributed by atoms with E-state index in [1.165, 1.54) is 23.9 Å². The van der Waals surface area contributed by atoms with Crippen molar-refractivity contribution in [3.05, 3.63) is 45.3 Å². The van der Waals surface area contributed by atoms with E-state index in [0.717, 1.165) is 0 Å². The molecule has 0 spiro atoms.